The molecule has 0 aromatic heterocycles. The number of aliphatic carboxylic acids is 1. The van der Waals surface area contributed by atoms with Gasteiger partial charge >= 0.3 is 5.97 Å². The van der Waals surface area contributed by atoms with Gasteiger partial charge in [-0.3, -0.25) is 4.79 Å². The molecule has 0 saturated heterocycles. The monoisotopic (exact) mass is 275 g/mol. The van der Waals surface area contributed by atoms with Crippen LogP contribution in [-0.4, -0.2) is 42.6 Å². The molecule has 2 fully saturated rings. The molecule has 0 spiro atoms. The standard InChI is InChI=1S/C12H21NO4S/c1-13(10-5-6-10)18(16,17)9-12(11(14)15)7-3-2-4-8-12/h10H,2-9H2,1H3,(H,14,15). The van der Waals surface area contributed by atoms with Crippen LogP contribution in [0.5, 0.6) is 0 Å². The maximum absolute atomic E-state index is 12.3. The van der Waals surface area contributed by atoms with Gasteiger partial charge in [0.05, 0.1) is 11.2 Å². The Balaban J connectivity index is 2.15. The Bertz CT molecular complexity index is 421. The zero-order chi connectivity index (χ0) is 13.4. The van der Waals surface area contributed by atoms with Crippen molar-refractivity contribution in [2.45, 2.75) is 51.0 Å². The quantitative estimate of drug-likeness (QED) is 0.824. The summed E-state index contributed by atoms with van der Waals surface area (Å²) in [6.45, 7) is 0. The Kier molecular flexibility index (Phi) is 3.69. The Morgan fingerprint density at radius 3 is 2.28 bits per heavy atom. The van der Waals surface area contributed by atoms with Gasteiger partial charge in [0.1, 0.15) is 0 Å². The predicted octanol–water partition coefficient (Wildman–Crippen LogP) is 1.45. The number of nitrogens with zero attached hydrogens (tertiary/aromatic N) is 1. The molecule has 0 aliphatic heterocycles. The molecule has 2 saturated carbocycles. The smallest absolute Gasteiger partial charge is 0.310 e. The van der Waals surface area contributed by atoms with Crippen molar-refractivity contribution >= 4 is 16.0 Å². The van der Waals surface area contributed by atoms with Gasteiger partial charge in [-0.1, -0.05) is 19.3 Å². The first-order chi connectivity index (χ1) is 8.37. The molecule has 0 atom stereocenters. The first-order valence-corrected chi connectivity index (χ1v) is 8.17. The molecular weight excluding hydrogens is 254 g/mol. The van der Waals surface area contributed by atoms with E-state index in [0.29, 0.717) is 12.8 Å². The zero-order valence-electron chi connectivity index (χ0n) is 10.8. The molecule has 0 unspecified atom stereocenters. The van der Waals surface area contributed by atoms with Crippen LogP contribution in [0, 0.1) is 5.41 Å². The van der Waals surface area contributed by atoms with E-state index in [0.717, 1.165) is 32.1 Å². The minimum Gasteiger partial charge on any atom is -0.481 e. The normalized spacial score (nSPS) is 24.1. The van der Waals surface area contributed by atoms with Crippen LogP contribution in [0.1, 0.15) is 44.9 Å². The Labute approximate surface area is 108 Å². The molecule has 0 aromatic rings. The number of carbonyl (C=O) groups is 1. The van der Waals surface area contributed by atoms with Gasteiger partial charge in [-0.15, -0.1) is 0 Å². The summed E-state index contributed by atoms with van der Waals surface area (Å²) >= 11 is 0. The van der Waals surface area contributed by atoms with Crippen LogP contribution in [0.3, 0.4) is 0 Å². The number of rotatable bonds is 5. The van der Waals surface area contributed by atoms with Crippen LogP contribution in [-0.2, 0) is 14.8 Å². The van der Waals surface area contributed by atoms with E-state index in [9.17, 15) is 18.3 Å². The Hall–Kier alpha value is -0.620. The topological polar surface area (TPSA) is 74.7 Å². The SMILES string of the molecule is CN(C1CC1)S(=O)(=O)CC1(C(=O)O)CCCCC1. The summed E-state index contributed by atoms with van der Waals surface area (Å²) in [5.41, 5.74) is -1.06. The largest absolute Gasteiger partial charge is 0.481 e. The van der Waals surface area contributed by atoms with Gasteiger partial charge < -0.3 is 5.11 Å². The fourth-order valence-electron chi connectivity index (χ4n) is 2.76. The van der Waals surface area contributed by atoms with Crippen LogP contribution < -0.4 is 0 Å². The second-order valence-corrected chi connectivity index (χ2v) is 7.68. The summed E-state index contributed by atoms with van der Waals surface area (Å²) in [7, 11) is -1.87. The van der Waals surface area contributed by atoms with Crippen LogP contribution in [0.25, 0.3) is 0 Å². The number of carboxylic acids is 1. The Morgan fingerprint density at radius 1 is 1.28 bits per heavy atom. The average Bonchev–Trinajstić information content (AvgIpc) is 3.12. The van der Waals surface area contributed by atoms with Crippen molar-refractivity contribution in [2.75, 3.05) is 12.8 Å². The van der Waals surface area contributed by atoms with Gasteiger partial charge in [-0.05, 0) is 25.7 Å². The summed E-state index contributed by atoms with van der Waals surface area (Å²) in [6.07, 6.45) is 5.41. The van der Waals surface area contributed by atoms with Gasteiger partial charge in [0.15, 0.2) is 0 Å². The van der Waals surface area contributed by atoms with Crippen molar-refractivity contribution in [3.8, 4) is 0 Å². The van der Waals surface area contributed by atoms with Gasteiger partial charge in [0.2, 0.25) is 10.0 Å². The highest BCUT2D eigenvalue weighted by molar-refractivity contribution is 7.89. The first kappa shape index (κ1) is 13.8. The van der Waals surface area contributed by atoms with Crippen molar-refractivity contribution in [3.63, 3.8) is 0 Å². The number of sulfonamides is 1. The number of hydrogen-bond donors (Lipinski definition) is 1. The molecule has 1 N–H and O–H groups in total. The maximum atomic E-state index is 12.3. The maximum Gasteiger partial charge on any atom is 0.310 e. The van der Waals surface area contributed by atoms with Crippen molar-refractivity contribution in [2.24, 2.45) is 5.41 Å². The summed E-state index contributed by atoms with van der Waals surface area (Å²) in [5, 5.41) is 9.41. The van der Waals surface area contributed by atoms with E-state index in [1.807, 2.05) is 0 Å². The van der Waals surface area contributed by atoms with Crippen molar-refractivity contribution in [3.05, 3.63) is 0 Å². The van der Waals surface area contributed by atoms with Crippen LogP contribution in [0.2, 0.25) is 0 Å². The highest BCUT2D eigenvalue weighted by atomic mass is 32.2. The predicted molar refractivity (Wildman–Crippen MR) is 67.7 cm³/mol. The summed E-state index contributed by atoms with van der Waals surface area (Å²) in [4.78, 5) is 11.5. The molecule has 2 aliphatic carbocycles. The van der Waals surface area contributed by atoms with Crippen LogP contribution in [0.15, 0.2) is 0 Å². The van der Waals surface area contributed by atoms with Gasteiger partial charge in [0.25, 0.3) is 0 Å². The molecule has 0 amide bonds. The van der Waals surface area contributed by atoms with Crippen LogP contribution >= 0.6 is 0 Å². The molecule has 5 nitrogen and oxygen atoms in total. The Morgan fingerprint density at radius 2 is 1.83 bits per heavy atom. The third-order valence-electron chi connectivity index (χ3n) is 4.22. The number of carboxylic acid groups (broad SMARTS) is 1. The van der Waals surface area contributed by atoms with E-state index >= 15 is 0 Å². The molecule has 0 bridgehead atoms. The molecule has 104 valence electrons. The van der Waals surface area contributed by atoms with Gasteiger partial charge in [-0.25, -0.2) is 12.7 Å². The zero-order valence-corrected chi connectivity index (χ0v) is 11.6. The van der Waals surface area contributed by atoms with E-state index in [-0.39, 0.29) is 11.8 Å². The number of hydrogen-bond acceptors (Lipinski definition) is 3. The van der Waals surface area contributed by atoms with Crippen molar-refractivity contribution in [1.82, 2.24) is 4.31 Å². The van der Waals surface area contributed by atoms with E-state index in [4.69, 9.17) is 0 Å². The lowest BCUT2D eigenvalue weighted by atomic mass is 9.76. The lowest BCUT2D eigenvalue weighted by molar-refractivity contribution is -0.149. The summed E-state index contributed by atoms with van der Waals surface area (Å²) in [5.74, 6) is -1.18. The second kappa shape index (κ2) is 4.81. The third kappa shape index (κ3) is 2.69. The summed E-state index contributed by atoms with van der Waals surface area (Å²) < 4.78 is 25.9. The minimum atomic E-state index is -3.45. The molecule has 0 aromatic carbocycles. The fourth-order valence-corrected chi connectivity index (χ4v) is 4.74. The van der Waals surface area contributed by atoms with Crippen molar-refractivity contribution in [1.29, 1.82) is 0 Å². The van der Waals surface area contributed by atoms with Crippen LogP contribution in [0.4, 0.5) is 0 Å². The molecular formula is C12H21NO4S. The molecule has 6 heteroatoms. The lowest BCUT2D eigenvalue weighted by Gasteiger charge is -2.34. The van der Waals surface area contributed by atoms with E-state index in [2.05, 4.69) is 0 Å². The molecule has 2 aliphatic rings. The van der Waals surface area contributed by atoms with E-state index in [1.165, 1.54) is 4.31 Å². The second-order valence-electron chi connectivity index (χ2n) is 5.65. The molecule has 18 heavy (non-hydrogen) atoms. The van der Waals surface area contributed by atoms with E-state index < -0.39 is 21.4 Å². The van der Waals surface area contributed by atoms with Gasteiger partial charge in [-0.2, -0.15) is 0 Å². The van der Waals surface area contributed by atoms with Crippen molar-refractivity contribution < 1.29 is 18.3 Å². The minimum absolute atomic E-state index is 0.101. The highest BCUT2D eigenvalue weighted by Gasteiger charge is 2.46. The first-order valence-electron chi connectivity index (χ1n) is 6.56. The molecule has 0 heterocycles. The highest BCUT2D eigenvalue weighted by Crippen LogP contribution is 2.39. The lowest BCUT2D eigenvalue weighted by Crippen LogP contribution is -2.44. The van der Waals surface area contributed by atoms with E-state index in [1.54, 1.807) is 7.05 Å². The molecule has 0 radical (unpaired) electrons. The van der Waals surface area contributed by atoms with Gasteiger partial charge in [0, 0.05) is 13.1 Å². The summed E-state index contributed by atoms with van der Waals surface area (Å²) in [6, 6.07) is 0.101. The third-order valence-corrected chi connectivity index (χ3v) is 6.32. The fraction of sp³-hybridized carbons (Fsp3) is 0.917. The molecule has 2 rings (SSSR count). The average molecular weight is 275 g/mol.